The number of nitrogens with one attached hydrogen (secondary N) is 1. The summed E-state index contributed by atoms with van der Waals surface area (Å²) < 4.78 is 0. The maximum absolute atomic E-state index is 12.7. The number of rotatable bonds is 8. The largest absolute Gasteiger partial charge is 0.481 e. The molecule has 6 heteroatoms. The summed E-state index contributed by atoms with van der Waals surface area (Å²) >= 11 is 0. The molecule has 1 unspecified atom stereocenters. The number of aryl methyl sites for hydroxylation is 1. The molecule has 0 aromatic heterocycles. The smallest absolute Gasteiger partial charge is 0.305 e. The standard InChI is InChI=1S/C23H28N2O4/c1-15(2)23(29)25(4)14-17-9-11-18(12-10-17)22(28)24-20(13-21(26)27)19-8-6-5-7-16(19)3/h5-12,15,20H,13-14H2,1-4H3,(H,24,28)(H,26,27). The van der Waals surface area contributed by atoms with E-state index in [4.69, 9.17) is 0 Å². The Morgan fingerprint density at radius 2 is 1.66 bits per heavy atom. The van der Waals surface area contributed by atoms with Gasteiger partial charge in [0.15, 0.2) is 0 Å². The number of carboxylic acid groups (broad SMARTS) is 1. The van der Waals surface area contributed by atoms with Crippen LogP contribution in [0.1, 0.15) is 53.4 Å². The molecule has 0 heterocycles. The topological polar surface area (TPSA) is 86.7 Å². The number of aliphatic carboxylic acids is 1. The zero-order valence-corrected chi connectivity index (χ0v) is 17.3. The molecule has 2 aromatic rings. The van der Waals surface area contributed by atoms with Crippen LogP contribution in [0, 0.1) is 12.8 Å². The highest BCUT2D eigenvalue weighted by Crippen LogP contribution is 2.21. The number of carbonyl (C=O) groups is 3. The van der Waals surface area contributed by atoms with Crippen molar-refractivity contribution in [2.75, 3.05) is 7.05 Å². The summed E-state index contributed by atoms with van der Waals surface area (Å²) in [5, 5.41) is 12.1. The number of amides is 2. The Labute approximate surface area is 171 Å². The lowest BCUT2D eigenvalue weighted by Crippen LogP contribution is -2.31. The van der Waals surface area contributed by atoms with Crippen molar-refractivity contribution in [3.8, 4) is 0 Å². The van der Waals surface area contributed by atoms with Crippen LogP contribution in [0.2, 0.25) is 0 Å². The van der Waals surface area contributed by atoms with E-state index in [0.717, 1.165) is 16.7 Å². The Balaban J connectivity index is 2.11. The Kier molecular flexibility index (Phi) is 7.53. The normalized spacial score (nSPS) is 11.8. The lowest BCUT2D eigenvalue weighted by Gasteiger charge is -2.20. The minimum absolute atomic E-state index is 0.0570. The molecule has 0 spiro atoms. The van der Waals surface area contributed by atoms with Gasteiger partial charge in [-0.25, -0.2) is 0 Å². The van der Waals surface area contributed by atoms with E-state index in [0.29, 0.717) is 12.1 Å². The summed E-state index contributed by atoms with van der Waals surface area (Å²) in [5.74, 6) is -1.33. The number of benzene rings is 2. The van der Waals surface area contributed by atoms with Gasteiger partial charge >= 0.3 is 5.97 Å². The van der Waals surface area contributed by atoms with E-state index < -0.39 is 12.0 Å². The zero-order valence-electron chi connectivity index (χ0n) is 17.3. The monoisotopic (exact) mass is 396 g/mol. The first-order chi connectivity index (χ1) is 13.7. The van der Waals surface area contributed by atoms with E-state index in [-0.39, 0.29) is 24.2 Å². The quantitative estimate of drug-likeness (QED) is 0.714. The molecule has 0 bridgehead atoms. The zero-order chi connectivity index (χ0) is 21.6. The highest BCUT2D eigenvalue weighted by Gasteiger charge is 2.20. The molecular formula is C23H28N2O4. The van der Waals surface area contributed by atoms with Crippen molar-refractivity contribution in [1.82, 2.24) is 10.2 Å². The molecule has 2 rings (SSSR count). The van der Waals surface area contributed by atoms with Gasteiger partial charge in [-0.05, 0) is 35.7 Å². The third-order valence-corrected chi connectivity index (χ3v) is 4.75. The molecule has 154 valence electrons. The number of nitrogens with zero attached hydrogens (tertiary/aromatic N) is 1. The van der Waals surface area contributed by atoms with Crippen molar-refractivity contribution >= 4 is 17.8 Å². The fourth-order valence-corrected chi connectivity index (χ4v) is 3.19. The Morgan fingerprint density at radius 1 is 1.03 bits per heavy atom. The van der Waals surface area contributed by atoms with Gasteiger partial charge in [0, 0.05) is 25.1 Å². The summed E-state index contributed by atoms with van der Waals surface area (Å²) in [4.78, 5) is 37.6. The van der Waals surface area contributed by atoms with Crippen LogP contribution < -0.4 is 5.32 Å². The van der Waals surface area contributed by atoms with E-state index in [1.54, 1.807) is 36.2 Å². The minimum atomic E-state index is -0.980. The van der Waals surface area contributed by atoms with Crippen molar-refractivity contribution < 1.29 is 19.5 Å². The maximum atomic E-state index is 12.7. The Morgan fingerprint density at radius 3 is 2.21 bits per heavy atom. The summed E-state index contributed by atoms with van der Waals surface area (Å²) in [6.45, 7) is 6.06. The molecule has 0 saturated carbocycles. The molecule has 1 atom stereocenters. The summed E-state index contributed by atoms with van der Waals surface area (Å²) in [5.41, 5.74) is 3.07. The van der Waals surface area contributed by atoms with Gasteiger partial charge in [-0.3, -0.25) is 14.4 Å². The fourth-order valence-electron chi connectivity index (χ4n) is 3.19. The number of hydrogen-bond acceptors (Lipinski definition) is 3. The molecular weight excluding hydrogens is 368 g/mol. The number of hydrogen-bond donors (Lipinski definition) is 2. The van der Waals surface area contributed by atoms with Crippen LogP contribution in [0.15, 0.2) is 48.5 Å². The van der Waals surface area contributed by atoms with Gasteiger partial charge < -0.3 is 15.3 Å². The average molecular weight is 396 g/mol. The van der Waals surface area contributed by atoms with Crippen molar-refractivity contribution in [1.29, 1.82) is 0 Å². The summed E-state index contributed by atoms with van der Waals surface area (Å²) in [6, 6.07) is 13.8. The average Bonchev–Trinajstić information content (AvgIpc) is 2.67. The van der Waals surface area contributed by atoms with Crippen LogP contribution in [-0.4, -0.2) is 34.8 Å². The van der Waals surface area contributed by atoms with Crippen LogP contribution in [0.3, 0.4) is 0 Å². The summed E-state index contributed by atoms with van der Waals surface area (Å²) in [6.07, 6.45) is -0.198. The van der Waals surface area contributed by atoms with Gasteiger partial charge in [0.05, 0.1) is 12.5 Å². The van der Waals surface area contributed by atoms with E-state index >= 15 is 0 Å². The molecule has 0 radical (unpaired) electrons. The van der Waals surface area contributed by atoms with Gasteiger partial charge in [-0.1, -0.05) is 50.2 Å². The predicted molar refractivity (Wildman–Crippen MR) is 111 cm³/mol. The SMILES string of the molecule is Cc1ccccc1C(CC(=O)O)NC(=O)c1ccc(CN(C)C(=O)C(C)C)cc1. The second-order valence-electron chi connectivity index (χ2n) is 7.53. The first-order valence-corrected chi connectivity index (χ1v) is 9.61. The van der Waals surface area contributed by atoms with Crippen LogP contribution in [0.5, 0.6) is 0 Å². The van der Waals surface area contributed by atoms with Crippen LogP contribution >= 0.6 is 0 Å². The van der Waals surface area contributed by atoms with E-state index in [1.165, 1.54) is 0 Å². The highest BCUT2D eigenvalue weighted by atomic mass is 16.4. The molecule has 29 heavy (non-hydrogen) atoms. The maximum Gasteiger partial charge on any atom is 0.305 e. The van der Waals surface area contributed by atoms with Gasteiger partial charge in [-0.15, -0.1) is 0 Å². The van der Waals surface area contributed by atoms with Crippen molar-refractivity contribution in [2.24, 2.45) is 5.92 Å². The molecule has 0 aliphatic carbocycles. The molecule has 6 nitrogen and oxygen atoms in total. The van der Waals surface area contributed by atoms with E-state index in [9.17, 15) is 19.5 Å². The number of carbonyl (C=O) groups excluding carboxylic acids is 2. The third-order valence-electron chi connectivity index (χ3n) is 4.75. The molecule has 2 N–H and O–H groups in total. The second-order valence-corrected chi connectivity index (χ2v) is 7.53. The minimum Gasteiger partial charge on any atom is -0.481 e. The van der Waals surface area contributed by atoms with Crippen molar-refractivity contribution in [3.05, 3.63) is 70.8 Å². The van der Waals surface area contributed by atoms with Crippen molar-refractivity contribution in [3.63, 3.8) is 0 Å². The number of carboxylic acids is 1. The molecule has 0 saturated heterocycles. The Bertz CT molecular complexity index is 875. The molecule has 0 aliphatic heterocycles. The fraction of sp³-hybridized carbons (Fsp3) is 0.348. The first-order valence-electron chi connectivity index (χ1n) is 9.61. The molecule has 2 amide bonds. The van der Waals surface area contributed by atoms with Gasteiger partial charge in [0.1, 0.15) is 0 Å². The van der Waals surface area contributed by atoms with Crippen LogP contribution in [0.4, 0.5) is 0 Å². The van der Waals surface area contributed by atoms with Gasteiger partial charge in [0.25, 0.3) is 5.91 Å². The third kappa shape index (κ3) is 6.17. The predicted octanol–water partition coefficient (Wildman–Crippen LogP) is 3.56. The Hall–Kier alpha value is -3.15. The lowest BCUT2D eigenvalue weighted by atomic mass is 9.98. The highest BCUT2D eigenvalue weighted by molar-refractivity contribution is 5.94. The first kappa shape index (κ1) is 22.1. The van der Waals surface area contributed by atoms with Gasteiger partial charge in [-0.2, -0.15) is 0 Å². The van der Waals surface area contributed by atoms with Crippen molar-refractivity contribution in [2.45, 2.75) is 39.8 Å². The van der Waals surface area contributed by atoms with Crippen LogP contribution in [-0.2, 0) is 16.1 Å². The molecule has 0 fully saturated rings. The van der Waals surface area contributed by atoms with Crippen LogP contribution in [0.25, 0.3) is 0 Å². The van der Waals surface area contributed by atoms with E-state index in [2.05, 4.69) is 5.32 Å². The lowest BCUT2D eigenvalue weighted by molar-refractivity contribution is -0.137. The van der Waals surface area contributed by atoms with Gasteiger partial charge in [0.2, 0.25) is 5.91 Å². The molecule has 0 aliphatic rings. The summed E-state index contributed by atoms with van der Waals surface area (Å²) in [7, 11) is 1.75. The second kappa shape index (κ2) is 9.87. The van der Waals surface area contributed by atoms with E-state index in [1.807, 2.05) is 45.0 Å². The molecule has 2 aromatic carbocycles.